The molecule has 0 N–H and O–H groups in total. The molecule has 2 aromatic rings. The molecule has 0 aliphatic heterocycles. The molecule has 0 bridgehead atoms. The predicted molar refractivity (Wildman–Crippen MR) is 64.9 cm³/mol. The first-order valence-corrected chi connectivity index (χ1v) is 5.31. The number of nitriles is 1. The van der Waals surface area contributed by atoms with E-state index in [2.05, 4.69) is 4.98 Å². The van der Waals surface area contributed by atoms with Crippen molar-refractivity contribution in [3.8, 4) is 17.6 Å². The highest BCUT2D eigenvalue weighted by Gasteiger charge is 2.06. The number of benzene rings is 1. The SMILES string of the molecule is Cc1ccc(C)c(Oc2cccnc2C#N)c1. The molecule has 3 heteroatoms. The monoisotopic (exact) mass is 224 g/mol. The zero-order chi connectivity index (χ0) is 12.3. The summed E-state index contributed by atoms with van der Waals surface area (Å²) in [6.07, 6.45) is 1.58. The third kappa shape index (κ3) is 2.43. The van der Waals surface area contributed by atoms with Crippen LogP contribution in [0.15, 0.2) is 36.5 Å². The molecule has 0 spiro atoms. The highest BCUT2D eigenvalue weighted by atomic mass is 16.5. The van der Waals surface area contributed by atoms with Crippen LogP contribution in [0.4, 0.5) is 0 Å². The molecular weight excluding hydrogens is 212 g/mol. The predicted octanol–water partition coefficient (Wildman–Crippen LogP) is 3.36. The molecule has 1 aromatic heterocycles. The molecule has 3 nitrogen and oxygen atoms in total. The molecule has 0 saturated carbocycles. The molecule has 0 fully saturated rings. The molecule has 1 heterocycles. The van der Waals surface area contributed by atoms with Gasteiger partial charge in [0.05, 0.1) is 0 Å². The van der Waals surface area contributed by atoms with Crippen molar-refractivity contribution in [2.45, 2.75) is 13.8 Å². The summed E-state index contributed by atoms with van der Waals surface area (Å²) >= 11 is 0. The van der Waals surface area contributed by atoms with Gasteiger partial charge in [0.2, 0.25) is 0 Å². The molecule has 84 valence electrons. The van der Waals surface area contributed by atoms with Gasteiger partial charge >= 0.3 is 0 Å². The summed E-state index contributed by atoms with van der Waals surface area (Å²) in [7, 11) is 0. The van der Waals surface area contributed by atoms with Crippen molar-refractivity contribution in [1.82, 2.24) is 4.98 Å². The van der Waals surface area contributed by atoms with Crippen molar-refractivity contribution in [3.63, 3.8) is 0 Å². The molecule has 0 aliphatic carbocycles. The molecule has 2 rings (SSSR count). The third-order valence-corrected chi connectivity index (χ3v) is 2.44. The van der Waals surface area contributed by atoms with Gasteiger partial charge in [-0.2, -0.15) is 5.26 Å². The van der Waals surface area contributed by atoms with Gasteiger partial charge in [0, 0.05) is 6.20 Å². The summed E-state index contributed by atoms with van der Waals surface area (Å²) in [5.41, 5.74) is 2.45. The number of ether oxygens (including phenoxy) is 1. The second kappa shape index (κ2) is 4.67. The van der Waals surface area contributed by atoms with E-state index in [4.69, 9.17) is 10.00 Å². The summed E-state index contributed by atoms with van der Waals surface area (Å²) < 4.78 is 5.73. The summed E-state index contributed by atoms with van der Waals surface area (Å²) in [4.78, 5) is 3.96. The first kappa shape index (κ1) is 11.2. The van der Waals surface area contributed by atoms with Crippen LogP contribution in [0.5, 0.6) is 11.5 Å². The van der Waals surface area contributed by atoms with E-state index in [0.717, 1.165) is 16.9 Å². The van der Waals surface area contributed by atoms with Crippen LogP contribution in [0.1, 0.15) is 16.8 Å². The van der Waals surface area contributed by atoms with Crippen molar-refractivity contribution in [2.75, 3.05) is 0 Å². The van der Waals surface area contributed by atoms with Gasteiger partial charge < -0.3 is 4.74 Å². The van der Waals surface area contributed by atoms with Crippen LogP contribution < -0.4 is 4.74 Å². The van der Waals surface area contributed by atoms with Crippen molar-refractivity contribution < 1.29 is 4.74 Å². The molecule has 0 amide bonds. The topological polar surface area (TPSA) is 45.9 Å². The molecule has 0 aliphatic rings. The minimum absolute atomic E-state index is 0.299. The van der Waals surface area contributed by atoms with E-state index in [1.54, 1.807) is 18.3 Å². The van der Waals surface area contributed by atoms with Crippen LogP contribution in [0, 0.1) is 25.2 Å². The summed E-state index contributed by atoms with van der Waals surface area (Å²) in [6, 6.07) is 11.5. The Balaban J connectivity index is 2.38. The molecule has 17 heavy (non-hydrogen) atoms. The number of aromatic nitrogens is 1. The molecule has 1 aromatic carbocycles. The van der Waals surface area contributed by atoms with Crippen LogP contribution in [0.25, 0.3) is 0 Å². The minimum Gasteiger partial charge on any atom is -0.454 e. The fraction of sp³-hybridized carbons (Fsp3) is 0.143. The van der Waals surface area contributed by atoms with Gasteiger partial charge in [-0.25, -0.2) is 4.98 Å². The summed E-state index contributed by atoms with van der Waals surface area (Å²) in [6.45, 7) is 3.97. The minimum atomic E-state index is 0.299. The van der Waals surface area contributed by atoms with Crippen LogP contribution in [-0.4, -0.2) is 4.98 Å². The molecule has 0 atom stereocenters. The zero-order valence-corrected chi connectivity index (χ0v) is 9.77. The lowest BCUT2D eigenvalue weighted by molar-refractivity contribution is 0.474. The normalized spacial score (nSPS) is 9.71. The van der Waals surface area contributed by atoms with Gasteiger partial charge in [-0.1, -0.05) is 12.1 Å². The number of pyridine rings is 1. The van der Waals surface area contributed by atoms with Crippen LogP contribution in [-0.2, 0) is 0 Å². The van der Waals surface area contributed by atoms with E-state index < -0.39 is 0 Å². The molecule has 0 saturated heterocycles. The average molecular weight is 224 g/mol. The highest BCUT2D eigenvalue weighted by Crippen LogP contribution is 2.27. The van der Waals surface area contributed by atoms with Crippen LogP contribution in [0.3, 0.4) is 0 Å². The Morgan fingerprint density at radius 2 is 2.00 bits per heavy atom. The molecule has 0 radical (unpaired) electrons. The standard InChI is InChI=1S/C14H12N2O/c1-10-5-6-11(2)14(8-10)17-13-4-3-7-16-12(13)9-15/h3-8H,1-2H3. The maximum atomic E-state index is 8.93. The lowest BCUT2D eigenvalue weighted by Crippen LogP contribution is -1.92. The van der Waals surface area contributed by atoms with Crippen molar-refractivity contribution in [2.24, 2.45) is 0 Å². The highest BCUT2D eigenvalue weighted by molar-refractivity contribution is 5.43. The Morgan fingerprint density at radius 3 is 2.76 bits per heavy atom. The summed E-state index contributed by atoms with van der Waals surface area (Å²) in [5, 5.41) is 8.93. The van der Waals surface area contributed by atoms with E-state index >= 15 is 0 Å². The Morgan fingerprint density at radius 1 is 1.18 bits per heavy atom. The van der Waals surface area contributed by atoms with Crippen LogP contribution in [0.2, 0.25) is 0 Å². The second-order valence-electron chi connectivity index (χ2n) is 3.83. The largest absolute Gasteiger partial charge is 0.454 e. The van der Waals surface area contributed by atoms with Crippen molar-refractivity contribution >= 4 is 0 Å². The maximum absolute atomic E-state index is 8.93. The van der Waals surface area contributed by atoms with Gasteiger partial charge in [0.15, 0.2) is 11.4 Å². The first-order chi connectivity index (χ1) is 8.20. The number of rotatable bonds is 2. The fourth-order valence-electron chi connectivity index (χ4n) is 1.49. The van der Waals surface area contributed by atoms with Gasteiger partial charge in [-0.15, -0.1) is 0 Å². The van der Waals surface area contributed by atoms with Crippen LogP contribution >= 0.6 is 0 Å². The summed E-state index contributed by atoms with van der Waals surface area (Å²) in [5.74, 6) is 1.25. The van der Waals surface area contributed by atoms with E-state index in [-0.39, 0.29) is 0 Å². The lowest BCUT2D eigenvalue weighted by atomic mass is 10.1. The van der Waals surface area contributed by atoms with E-state index in [1.807, 2.05) is 38.1 Å². The first-order valence-electron chi connectivity index (χ1n) is 5.31. The van der Waals surface area contributed by atoms with Gasteiger partial charge in [0.25, 0.3) is 0 Å². The number of hydrogen-bond acceptors (Lipinski definition) is 3. The van der Waals surface area contributed by atoms with E-state index in [9.17, 15) is 0 Å². The molecule has 0 unspecified atom stereocenters. The molecular formula is C14H12N2O. The quantitative estimate of drug-likeness (QED) is 0.785. The van der Waals surface area contributed by atoms with Gasteiger partial charge in [-0.05, 0) is 43.2 Å². The number of hydrogen-bond donors (Lipinski definition) is 0. The Kier molecular flexibility index (Phi) is 3.06. The van der Waals surface area contributed by atoms with Crippen molar-refractivity contribution in [1.29, 1.82) is 5.26 Å². The maximum Gasteiger partial charge on any atom is 0.183 e. The smallest absolute Gasteiger partial charge is 0.183 e. The van der Waals surface area contributed by atoms with E-state index in [0.29, 0.717) is 11.4 Å². The van der Waals surface area contributed by atoms with E-state index in [1.165, 1.54) is 0 Å². The second-order valence-corrected chi connectivity index (χ2v) is 3.83. The Bertz CT molecular complexity index is 585. The zero-order valence-electron chi connectivity index (χ0n) is 9.77. The van der Waals surface area contributed by atoms with Gasteiger partial charge in [0.1, 0.15) is 11.8 Å². The third-order valence-electron chi connectivity index (χ3n) is 2.44. The van der Waals surface area contributed by atoms with Gasteiger partial charge in [-0.3, -0.25) is 0 Å². The Labute approximate surface area is 100 Å². The average Bonchev–Trinajstić information content (AvgIpc) is 2.34. The van der Waals surface area contributed by atoms with Crippen molar-refractivity contribution in [3.05, 3.63) is 53.3 Å². The number of aryl methyl sites for hydroxylation is 2. The fourth-order valence-corrected chi connectivity index (χ4v) is 1.49. The number of nitrogens with zero attached hydrogens (tertiary/aromatic N) is 2. The Hall–Kier alpha value is -2.34. The lowest BCUT2D eigenvalue weighted by Gasteiger charge is -2.09.